The van der Waals surface area contributed by atoms with E-state index in [1.54, 1.807) is 6.92 Å². The van der Waals surface area contributed by atoms with Gasteiger partial charge in [-0.3, -0.25) is 14.6 Å². The molecule has 0 unspecified atom stereocenters. The summed E-state index contributed by atoms with van der Waals surface area (Å²) in [6.45, 7) is 1.82. The molecule has 0 fully saturated rings. The Hall–Kier alpha value is -2.89. The fourth-order valence-electron chi connectivity index (χ4n) is 2.24. The van der Waals surface area contributed by atoms with Crippen molar-refractivity contribution in [3.8, 4) is 0 Å². The van der Waals surface area contributed by atoms with Crippen LogP contribution < -0.4 is 5.32 Å². The third-order valence-corrected chi connectivity index (χ3v) is 4.52. The molecule has 138 valence electrons. The van der Waals surface area contributed by atoms with E-state index in [0.717, 1.165) is 22.1 Å². The van der Waals surface area contributed by atoms with Crippen LogP contribution in [0.4, 0.5) is 19.0 Å². The predicted octanol–water partition coefficient (Wildman–Crippen LogP) is 2.81. The molecule has 0 atom stereocenters. The number of esters is 1. The minimum Gasteiger partial charge on any atom is -0.461 e. The average Bonchev–Trinajstić information content (AvgIpc) is 3.23. The molecule has 3 aromatic heterocycles. The zero-order chi connectivity index (χ0) is 19.1. The molecule has 0 aromatic carbocycles. The van der Waals surface area contributed by atoms with Crippen molar-refractivity contribution in [2.24, 2.45) is 7.05 Å². The Kier molecular flexibility index (Phi) is 4.44. The number of aryl methyl sites for hydroxylation is 1. The molecule has 0 saturated carbocycles. The summed E-state index contributed by atoms with van der Waals surface area (Å²) in [7, 11) is 1.37. The number of anilines is 1. The number of aromatic amines is 1. The Bertz CT molecular complexity index is 988. The summed E-state index contributed by atoms with van der Waals surface area (Å²) in [4.78, 5) is 24.1. The van der Waals surface area contributed by atoms with Gasteiger partial charge >= 0.3 is 12.1 Å². The van der Waals surface area contributed by atoms with Crippen LogP contribution in [0.1, 0.15) is 32.8 Å². The highest BCUT2D eigenvalue weighted by Crippen LogP contribution is 2.37. The van der Waals surface area contributed by atoms with E-state index in [-0.39, 0.29) is 33.2 Å². The Morgan fingerprint density at radius 1 is 1.38 bits per heavy atom. The van der Waals surface area contributed by atoms with Crippen LogP contribution in [0, 0.1) is 0 Å². The van der Waals surface area contributed by atoms with Gasteiger partial charge in [-0.15, -0.1) is 11.3 Å². The number of alkyl halides is 3. The number of amides is 1. The molecule has 0 aliphatic heterocycles. The Labute approximate surface area is 147 Å². The smallest absolute Gasteiger partial charge is 0.435 e. The van der Waals surface area contributed by atoms with Gasteiger partial charge in [0.05, 0.1) is 11.5 Å². The second-order valence-corrected chi connectivity index (χ2v) is 6.17. The Balaban J connectivity index is 1.84. The largest absolute Gasteiger partial charge is 0.461 e. The van der Waals surface area contributed by atoms with Crippen molar-refractivity contribution in [3.05, 3.63) is 28.4 Å². The third-order valence-electron chi connectivity index (χ3n) is 3.32. The number of nitrogens with one attached hydrogen (secondary N) is 2. The lowest BCUT2D eigenvalue weighted by Gasteiger charge is -2.01. The quantitative estimate of drug-likeness (QED) is 0.671. The molecule has 2 N–H and O–H groups in total. The number of carbonyl (C=O) groups excluding carboxylic acids is 2. The van der Waals surface area contributed by atoms with E-state index in [1.165, 1.54) is 13.1 Å². The molecule has 3 rings (SSSR count). The molecule has 0 radical (unpaired) electrons. The third kappa shape index (κ3) is 3.27. The maximum Gasteiger partial charge on any atom is 0.435 e. The number of hydrogen-bond donors (Lipinski definition) is 2. The molecule has 1 amide bonds. The van der Waals surface area contributed by atoms with Gasteiger partial charge in [0.2, 0.25) is 0 Å². The van der Waals surface area contributed by atoms with Crippen molar-refractivity contribution >= 4 is 39.2 Å². The zero-order valence-corrected chi connectivity index (χ0v) is 14.3. The van der Waals surface area contributed by atoms with Crippen molar-refractivity contribution < 1.29 is 27.5 Å². The first-order chi connectivity index (χ1) is 12.2. The minimum atomic E-state index is -4.62. The number of rotatable bonds is 4. The van der Waals surface area contributed by atoms with Gasteiger partial charge in [0.25, 0.3) is 5.91 Å². The first-order valence-electron chi connectivity index (χ1n) is 7.28. The standard InChI is InChI=1S/C14H12F3N5O3S/c1-3-25-13(24)7-5-9(20-19-7)18-11(23)8-4-6-10(14(15,16)17)21-22(2)12(6)26-8/h4-5H,3H2,1-2H3,(H2,18,19,20,23). The number of carbonyl (C=O) groups is 2. The first-order valence-corrected chi connectivity index (χ1v) is 8.10. The van der Waals surface area contributed by atoms with Gasteiger partial charge < -0.3 is 10.1 Å². The van der Waals surface area contributed by atoms with Crippen molar-refractivity contribution in [3.63, 3.8) is 0 Å². The number of nitrogens with zero attached hydrogens (tertiary/aromatic N) is 3. The van der Waals surface area contributed by atoms with E-state index < -0.39 is 23.7 Å². The number of halogens is 3. The van der Waals surface area contributed by atoms with Crippen LogP contribution in [-0.4, -0.2) is 38.5 Å². The monoisotopic (exact) mass is 387 g/mol. The molecule has 3 aromatic rings. The van der Waals surface area contributed by atoms with E-state index in [2.05, 4.69) is 20.6 Å². The van der Waals surface area contributed by atoms with E-state index in [4.69, 9.17) is 4.74 Å². The Morgan fingerprint density at radius 3 is 2.77 bits per heavy atom. The van der Waals surface area contributed by atoms with Gasteiger partial charge in [-0.25, -0.2) is 4.79 Å². The van der Waals surface area contributed by atoms with Crippen molar-refractivity contribution in [2.45, 2.75) is 13.1 Å². The Morgan fingerprint density at radius 2 is 2.12 bits per heavy atom. The summed E-state index contributed by atoms with van der Waals surface area (Å²) in [5.41, 5.74) is -1.00. The van der Waals surface area contributed by atoms with Crippen LogP contribution in [-0.2, 0) is 18.0 Å². The summed E-state index contributed by atoms with van der Waals surface area (Å²) in [5, 5.41) is 11.9. The van der Waals surface area contributed by atoms with Gasteiger partial charge in [-0.05, 0) is 13.0 Å². The number of aromatic nitrogens is 4. The van der Waals surface area contributed by atoms with Gasteiger partial charge in [-0.2, -0.15) is 23.4 Å². The van der Waals surface area contributed by atoms with E-state index in [0.29, 0.717) is 0 Å². The highest BCUT2D eigenvalue weighted by atomic mass is 32.1. The highest BCUT2D eigenvalue weighted by molar-refractivity contribution is 7.20. The average molecular weight is 387 g/mol. The maximum absolute atomic E-state index is 13.0. The molecule has 0 bridgehead atoms. The van der Waals surface area contributed by atoms with Gasteiger partial charge in [-0.1, -0.05) is 0 Å². The van der Waals surface area contributed by atoms with E-state index in [1.807, 2.05) is 0 Å². The topological polar surface area (TPSA) is 102 Å². The fourth-order valence-corrected chi connectivity index (χ4v) is 3.21. The molecule has 0 saturated heterocycles. The summed E-state index contributed by atoms with van der Waals surface area (Å²) < 4.78 is 44.9. The molecule has 3 heterocycles. The summed E-state index contributed by atoms with van der Waals surface area (Å²) in [5.74, 6) is -1.24. The number of fused-ring (bicyclic) bond motifs is 1. The van der Waals surface area contributed by atoms with Gasteiger partial charge in [0.15, 0.2) is 11.5 Å². The molecular formula is C14H12F3N5O3S. The number of ether oxygens (including phenoxy) is 1. The lowest BCUT2D eigenvalue weighted by atomic mass is 10.2. The number of thiophene rings is 1. The SMILES string of the molecule is CCOC(=O)c1cc(NC(=O)c2cc3c(C(F)(F)F)nn(C)c3s2)n[nH]1. The van der Waals surface area contributed by atoms with Crippen LogP contribution in [0.2, 0.25) is 0 Å². The second-order valence-electron chi connectivity index (χ2n) is 5.14. The molecular weight excluding hydrogens is 375 g/mol. The molecule has 26 heavy (non-hydrogen) atoms. The molecule has 8 nitrogen and oxygen atoms in total. The van der Waals surface area contributed by atoms with Gasteiger partial charge in [0, 0.05) is 18.5 Å². The van der Waals surface area contributed by atoms with Crippen molar-refractivity contribution in [1.29, 1.82) is 0 Å². The van der Waals surface area contributed by atoms with Crippen molar-refractivity contribution in [2.75, 3.05) is 11.9 Å². The summed E-state index contributed by atoms with van der Waals surface area (Å²) >= 11 is 0.868. The second kappa shape index (κ2) is 6.44. The van der Waals surface area contributed by atoms with Gasteiger partial charge in [0.1, 0.15) is 10.5 Å². The van der Waals surface area contributed by atoms with Crippen LogP contribution in [0.5, 0.6) is 0 Å². The normalized spacial score (nSPS) is 11.7. The fraction of sp³-hybridized carbons (Fsp3) is 0.286. The lowest BCUT2D eigenvalue weighted by Crippen LogP contribution is -2.11. The summed E-state index contributed by atoms with van der Waals surface area (Å²) in [6.07, 6.45) is -4.62. The molecule has 12 heteroatoms. The molecule has 0 spiro atoms. The predicted molar refractivity (Wildman–Crippen MR) is 86.1 cm³/mol. The van der Waals surface area contributed by atoms with Crippen LogP contribution in [0.15, 0.2) is 12.1 Å². The number of H-pyrrole nitrogens is 1. The molecule has 0 aliphatic rings. The van der Waals surface area contributed by atoms with Crippen LogP contribution >= 0.6 is 11.3 Å². The number of hydrogen-bond acceptors (Lipinski definition) is 6. The lowest BCUT2D eigenvalue weighted by molar-refractivity contribution is -0.140. The highest BCUT2D eigenvalue weighted by Gasteiger charge is 2.37. The summed E-state index contributed by atoms with van der Waals surface area (Å²) in [6, 6.07) is 2.40. The van der Waals surface area contributed by atoms with Crippen LogP contribution in [0.25, 0.3) is 10.2 Å². The van der Waals surface area contributed by atoms with E-state index in [9.17, 15) is 22.8 Å². The van der Waals surface area contributed by atoms with E-state index >= 15 is 0 Å². The zero-order valence-electron chi connectivity index (χ0n) is 13.5. The maximum atomic E-state index is 13.0. The minimum absolute atomic E-state index is 0.0436. The van der Waals surface area contributed by atoms with Crippen LogP contribution in [0.3, 0.4) is 0 Å². The van der Waals surface area contributed by atoms with Crippen molar-refractivity contribution in [1.82, 2.24) is 20.0 Å². The first kappa shape index (κ1) is 17.9. The molecule has 0 aliphatic carbocycles.